The summed E-state index contributed by atoms with van der Waals surface area (Å²) in [7, 11) is 1.32. The molecule has 0 spiro atoms. The summed E-state index contributed by atoms with van der Waals surface area (Å²) in [6.07, 6.45) is 0.0383. The van der Waals surface area contributed by atoms with Crippen LogP contribution in [0.2, 0.25) is 5.02 Å². The van der Waals surface area contributed by atoms with E-state index in [0.29, 0.717) is 23.9 Å². The maximum absolute atomic E-state index is 11.1. The molecular weight excluding hydrogens is 394 g/mol. The molecule has 158 valence electrons. The van der Waals surface area contributed by atoms with Crippen molar-refractivity contribution in [3.8, 4) is 5.75 Å². The Morgan fingerprint density at radius 3 is 2.55 bits per heavy atom. The van der Waals surface area contributed by atoms with Gasteiger partial charge in [-0.05, 0) is 48.7 Å². The lowest BCUT2D eigenvalue weighted by Crippen LogP contribution is -2.39. The lowest BCUT2D eigenvalue weighted by Gasteiger charge is -2.30. The zero-order chi connectivity index (χ0) is 21.2. The van der Waals surface area contributed by atoms with Gasteiger partial charge in [0, 0.05) is 24.2 Å². The van der Waals surface area contributed by atoms with Crippen molar-refractivity contribution in [3.05, 3.63) is 64.7 Å². The van der Waals surface area contributed by atoms with Crippen LogP contribution in [0, 0.1) is 0 Å². The van der Waals surface area contributed by atoms with Crippen molar-refractivity contribution in [2.24, 2.45) is 0 Å². The lowest BCUT2D eigenvalue weighted by atomic mass is 10.0. The number of carbonyl (C=O) groups excluding carboxylic acids is 1. The first-order valence-corrected chi connectivity index (χ1v) is 9.87. The van der Waals surface area contributed by atoms with Crippen LogP contribution in [-0.4, -0.2) is 60.5 Å². The summed E-state index contributed by atoms with van der Waals surface area (Å²) in [6.45, 7) is 2.79. The summed E-state index contributed by atoms with van der Waals surface area (Å²) in [5.41, 5.74) is 1.84. The normalized spacial score (nSPS) is 13.2. The number of rotatable bonds is 11. The third-order valence-electron chi connectivity index (χ3n) is 4.69. The van der Waals surface area contributed by atoms with E-state index in [1.807, 2.05) is 41.3 Å². The summed E-state index contributed by atoms with van der Waals surface area (Å²) in [5.74, 6) is 0.163. The highest BCUT2D eigenvalue weighted by atomic mass is 35.5. The third-order valence-corrected chi connectivity index (χ3v) is 4.93. The fraction of sp³-hybridized carbons (Fsp3) is 0.409. The average Bonchev–Trinajstić information content (AvgIpc) is 2.72. The van der Waals surface area contributed by atoms with Gasteiger partial charge in [-0.25, -0.2) is 4.79 Å². The Hall–Kier alpha value is -2.12. The second-order valence-electron chi connectivity index (χ2n) is 6.85. The Morgan fingerprint density at radius 1 is 1.21 bits per heavy atom. The van der Waals surface area contributed by atoms with Crippen LogP contribution in [0.5, 0.6) is 5.75 Å². The predicted molar refractivity (Wildman–Crippen MR) is 112 cm³/mol. The Balaban J connectivity index is 1.96. The predicted octanol–water partition coefficient (Wildman–Crippen LogP) is 2.85. The molecule has 2 aromatic carbocycles. The average molecular weight is 422 g/mol. The summed E-state index contributed by atoms with van der Waals surface area (Å²) >= 11 is 6.02. The van der Waals surface area contributed by atoms with E-state index in [0.717, 1.165) is 17.5 Å². The highest BCUT2D eigenvalue weighted by molar-refractivity contribution is 6.30. The van der Waals surface area contributed by atoms with Gasteiger partial charge >= 0.3 is 5.97 Å². The van der Waals surface area contributed by atoms with E-state index in [9.17, 15) is 15.0 Å². The molecule has 0 saturated carbocycles. The van der Waals surface area contributed by atoms with Gasteiger partial charge in [-0.3, -0.25) is 4.90 Å². The number of aliphatic hydroxyl groups is 2. The van der Waals surface area contributed by atoms with E-state index < -0.39 is 12.1 Å². The molecule has 0 aliphatic heterocycles. The molecule has 7 heteroatoms. The summed E-state index contributed by atoms with van der Waals surface area (Å²) in [4.78, 5) is 13.2. The van der Waals surface area contributed by atoms with Crippen molar-refractivity contribution in [2.75, 3.05) is 33.4 Å². The largest absolute Gasteiger partial charge is 0.482 e. The Bertz CT molecular complexity index is 768. The van der Waals surface area contributed by atoms with Crippen molar-refractivity contribution >= 4 is 17.6 Å². The van der Waals surface area contributed by atoms with Crippen LogP contribution in [0.3, 0.4) is 0 Å². The van der Waals surface area contributed by atoms with Gasteiger partial charge < -0.3 is 19.7 Å². The van der Waals surface area contributed by atoms with E-state index in [4.69, 9.17) is 16.3 Å². The molecule has 0 aromatic heterocycles. The summed E-state index contributed by atoms with van der Waals surface area (Å²) < 4.78 is 9.90. The van der Waals surface area contributed by atoms with E-state index in [1.54, 1.807) is 12.1 Å². The van der Waals surface area contributed by atoms with Crippen LogP contribution in [-0.2, 0) is 16.0 Å². The monoisotopic (exact) mass is 421 g/mol. The minimum atomic E-state index is -0.697. The van der Waals surface area contributed by atoms with Gasteiger partial charge in [0.1, 0.15) is 5.75 Å². The SMILES string of the molecule is COC(=O)COc1ccc(CC(C)N(CCO)C[C@@H](O)c2cccc(Cl)c2)cc1. The zero-order valence-electron chi connectivity index (χ0n) is 16.8. The zero-order valence-corrected chi connectivity index (χ0v) is 17.5. The molecule has 0 saturated heterocycles. The van der Waals surface area contributed by atoms with Crippen molar-refractivity contribution in [3.63, 3.8) is 0 Å². The number of nitrogens with zero attached hydrogens (tertiary/aromatic N) is 1. The highest BCUT2D eigenvalue weighted by Crippen LogP contribution is 2.21. The fourth-order valence-corrected chi connectivity index (χ4v) is 3.25. The number of benzene rings is 2. The van der Waals surface area contributed by atoms with E-state index >= 15 is 0 Å². The van der Waals surface area contributed by atoms with Crippen molar-refractivity contribution in [2.45, 2.75) is 25.5 Å². The molecule has 2 N–H and O–H groups in total. The summed E-state index contributed by atoms with van der Waals surface area (Å²) in [5, 5.41) is 20.6. The molecule has 0 aliphatic carbocycles. The quantitative estimate of drug-likeness (QED) is 0.543. The molecule has 0 bridgehead atoms. The first kappa shape index (κ1) is 23.2. The van der Waals surface area contributed by atoms with E-state index in [1.165, 1.54) is 7.11 Å². The molecular formula is C22H28ClNO5. The Labute approximate surface area is 176 Å². The fourth-order valence-electron chi connectivity index (χ4n) is 3.05. The van der Waals surface area contributed by atoms with Gasteiger partial charge in [0.25, 0.3) is 0 Å². The number of ether oxygens (including phenoxy) is 2. The lowest BCUT2D eigenvalue weighted by molar-refractivity contribution is -0.142. The second kappa shape index (κ2) is 11.8. The number of aliphatic hydroxyl groups excluding tert-OH is 2. The Morgan fingerprint density at radius 2 is 1.93 bits per heavy atom. The molecule has 1 unspecified atom stereocenters. The number of carbonyl (C=O) groups is 1. The van der Waals surface area contributed by atoms with Crippen molar-refractivity contribution in [1.29, 1.82) is 0 Å². The molecule has 6 nitrogen and oxygen atoms in total. The number of hydrogen-bond donors (Lipinski definition) is 2. The molecule has 0 fully saturated rings. The Kier molecular flexibility index (Phi) is 9.41. The van der Waals surface area contributed by atoms with E-state index in [2.05, 4.69) is 11.7 Å². The van der Waals surface area contributed by atoms with Gasteiger partial charge in [0.15, 0.2) is 6.61 Å². The molecule has 0 radical (unpaired) electrons. The van der Waals surface area contributed by atoms with Gasteiger partial charge in [0.05, 0.1) is 19.8 Å². The summed E-state index contributed by atoms with van der Waals surface area (Å²) in [6, 6.07) is 14.8. The van der Waals surface area contributed by atoms with Crippen LogP contribution in [0.4, 0.5) is 0 Å². The van der Waals surface area contributed by atoms with Gasteiger partial charge in [-0.15, -0.1) is 0 Å². The van der Waals surface area contributed by atoms with Crippen LogP contribution in [0.1, 0.15) is 24.2 Å². The molecule has 29 heavy (non-hydrogen) atoms. The minimum Gasteiger partial charge on any atom is -0.482 e. The second-order valence-corrected chi connectivity index (χ2v) is 7.29. The van der Waals surface area contributed by atoms with Gasteiger partial charge in [0.2, 0.25) is 0 Å². The third kappa shape index (κ3) is 7.66. The number of methoxy groups -OCH3 is 1. The topological polar surface area (TPSA) is 79.2 Å². The van der Waals surface area contributed by atoms with Crippen molar-refractivity contribution < 1.29 is 24.5 Å². The van der Waals surface area contributed by atoms with Crippen LogP contribution in [0.25, 0.3) is 0 Å². The minimum absolute atomic E-state index is 0.00686. The molecule has 2 rings (SSSR count). The van der Waals surface area contributed by atoms with E-state index in [-0.39, 0.29) is 19.3 Å². The maximum atomic E-state index is 11.1. The standard InChI is InChI=1S/C22H28ClNO5/c1-16(12-17-6-8-20(9-7-17)29-15-22(27)28-2)24(10-11-25)14-21(26)18-4-3-5-19(23)13-18/h3-9,13,16,21,25-26H,10-12,14-15H2,1-2H3/t16?,21-/m1/s1. The van der Waals surface area contributed by atoms with Crippen LogP contribution < -0.4 is 4.74 Å². The van der Waals surface area contributed by atoms with Crippen molar-refractivity contribution in [1.82, 2.24) is 4.90 Å². The maximum Gasteiger partial charge on any atom is 0.343 e. The smallest absolute Gasteiger partial charge is 0.343 e. The first-order valence-electron chi connectivity index (χ1n) is 9.50. The van der Waals surface area contributed by atoms with Crippen LogP contribution >= 0.6 is 11.6 Å². The first-order chi connectivity index (χ1) is 13.9. The molecule has 2 aromatic rings. The van der Waals surface area contributed by atoms with Crippen LogP contribution in [0.15, 0.2) is 48.5 Å². The molecule has 2 atom stereocenters. The number of esters is 1. The number of halogens is 1. The van der Waals surface area contributed by atoms with Gasteiger partial charge in [-0.2, -0.15) is 0 Å². The molecule has 0 heterocycles. The molecule has 0 aliphatic rings. The molecule has 0 amide bonds. The van der Waals surface area contributed by atoms with Gasteiger partial charge in [-0.1, -0.05) is 35.9 Å². The number of hydrogen-bond acceptors (Lipinski definition) is 6. The highest BCUT2D eigenvalue weighted by Gasteiger charge is 2.19.